The lowest BCUT2D eigenvalue weighted by Crippen LogP contribution is -2.36. The molecule has 1 aromatic heterocycles. The predicted molar refractivity (Wildman–Crippen MR) is 57.6 cm³/mol. The van der Waals surface area contributed by atoms with Crippen LogP contribution >= 0.6 is 0 Å². The number of aromatic nitrogens is 4. The minimum absolute atomic E-state index is 0.664. The van der Waals surface area contributed by atoms with Gasteiger partial charge in [-0.1, -0.05) is 0 Å². The second-order valence-electron chi connectivity index (χ2n) is 3.85. The summed E-state index contributed by atoms with van der Waals surface area (Å²) in [5.41, 5.74) is 5.47. The molecular formula is C9H18N6O. The van der Waals surface area contributed by atoms with E-state index >= 15 is 0 Å². The van der Waals surface area contributed by atoms with E-state index in [4.69, 9.17) is 10.5 Å². The maximum Gasteiger partial charge on any atom is 0.165 e. The van der Waals surface area contributed by atoms with Gasteiger partial charge in [0.05, 0.1) is 19.8 Å². The lowest BCUT2D eigenvalue weighted by molar-refractivity contribution is 0.0324. The summed E-state index contributed by atoms with van der Waals surface area (Å²) in [5, 5.41) is 11.7. The van der Waals surface area contributed by atoms with E-state index in [9.17, 15) is 0 Å². The van der Waals surface area contributed by atoms with Crippen LogP contribution in [0.25, 0.3) is 0 Å². The lowest BCUT2D eigenvalue weighted by atomic mass is 10.4. The van der Waals surface area contributed by atoms with Crippen LogP contribution in [0.15, 0.2) is 0 Å². The summed E-state index contributed by atoms with van der Waals surface area (Å²) in [5.74, 6) is 0.912. The summed E-state index contributed by atoms with van der Waals surface area (Å²) in [6.07, 6.45) is 0.904. The van der Waals surface area contributed by atoms with E-state index in [1.807, 2.05) is 4.68 Å². The summed E-state index contributed by atoms with van der Waals surface area (Å²) < 4.78 is 7.13. The van der Waals surface area contributed by atoms with Crippen LogP contribution in [-0.4, -0.2) is 58.0 Å². The van der Waals surface area contributed by atoms with E-state index < -0.39 is 0 Å². The third-order valence-corrected chi connectivity index (χ3v) is 2.65. The first-order valence-corrected chi connectivity index (χ1v) is 5.65. The molecule has 1 aromatic rings. The van der Waals surface area contributed by atoms with Crippen LogP contribution in [0.4, 0.5) is 0 Å². The van der Waals surface area contributed by atoms with E-state index in [0.29, 0.717) is 6.54 Å². The molecule has 0 aromatic carbocycles. The fourth-order valence-corrected chi connectivity index (χ4v) is 1.71. The number of tetrazole rings is 1. The van der Waals surface area contributed by atoms with Crippen LogP contribution in [0.3, 0.4) is 0 Å². The van der Waals surface area contributed by atoms with E-state index in [-0.39, 0.29) is 0 Å². The Kier molecular flexibility index (Phi) is 4.20. The quantitative estimate of drug-likeness (QED) is 0.683. The Balaban J connectivity index is 1.89. The molecule has 0 atom stereocenters. The molecule has 1 saturated heterocycles. The molecule has 2 rings (SSSR count). The molecule has 16 heavy (non-hydrogen) atoms. The van der Waals surface area contributed by atoms with Crippen molar-refractivity contribution in [3.8, 4) is 0 Å². The zero-order valence-corrected chi connectivity index (χ0v) is 9.38. The van der Waals surface area contributed by atoms with Gasteiger partial charge in [0.15, 0.2) is 5.82 Å². The normalized spacial score (nSPS) is 17.8. The van der Waals surface area contributed by atoms with E-state index in [0.717, 1.165) is 51.6 Å². The monoisotopic (exact) mass is 226 g/mol. The first-order valence-electron chi connectivity index (χ1n) is 5.65. The molecule has 1 fully saturated rings. The van der Waals surface area contributed by atoms with Crippen molar-refractivity contribution in [3.05, 3.63) is 5.82 Å². The average Bonchev–Trinajstić information content (AvgIpc) is 2.75. The molecule has 0 bridgehead atoms. The highest BCUT2D eigenvalue weighted by molar-refractivity contribution is 4.82. The SMILES string of the molecule is NCCCn1nnnc1CN1CCOCC1. The number of morpholine rings is 1. The van der Waals surface area contributed by atoms with Gasteiger partial charge >= 0.3 is 0 Å². The van der Waals surface area contributed by atoms with Gasteiger partial charge in [-0.15, -0.1) is 5.10 Å². The largest absolute Gasteiger partial charge is 0.379 e. The Morgan fingerprint density at radius 3 is 2.88 bits per heavy atom. The van der Waals surface area contributed by atoms with Crippen molar-refractivity contribution >= 4 is 0 Å². The number of hydrogen-bond acceptors (Lipinski definition) is 6. The molecule has 2 heterocycles. The zero-order chi connectivity index (χ0) is 11.2. The first-order chi connectivity index (χ1) is 7.90. The van der Waals surface area contributed by atoms with Crippen LogP contribution in [0.2, 0.25) is 0 Å². The van der Waals surface area contributed by atoms with Crippen molar-refractivity contribution in [2.75, 3.05) is 32.8 Å². The van der Waals surface area contributed by atoms with Crippen molar-refractivity contribution in [1.29, 1.82) is 0 Å². The highest BCUT2D eigenvalue weighted by atomic mass is 16.5. The fraction of sp³-hybridized carbons (Fsp3) is 0.889. The third kappa shape index (κ3) is 2.97. The number of nitrogens with two attached hydrogens (primary N) is 1. The van der Waals surface area contributed by atoms with Gasteiger partial charge in [0, 0.05) is 19.6 Å². The Morgan fingerprint density at radius 1 is 1.31 bits per heavy atom. The second kappa shape index (κ2) is 5.88. The number of rotatable bonds is 5. The van der Waals surface area contributed by atoms with Gasteiger partial charge in [-0.05, 0) is 23.4 Å². The van der Waals surface area contributed by atoms with E-state index in [2.05, 4.69) is 20.4 Å². The maximum atomic E-state index is 5.47. The lowest BCUT2D eigenvalue weighted by Gasteiger charge is -2.25. The van der Waals surface area contributed by atoms with Gasteiger partial charge in [0.1, 0.15) is 0 Å². The van der Waals surface area contributed by atoms with Gasteiger partial charge in [-0.2, -0.15) is 0 Å². The Hall–Kier alpha value is -1.05. The number of hydrogen-bond donors (Lipinski definition) is 1. The topological polar surface area (TPSA) is 82.1 Å². The minimum atomic E-state index is 0.664. The molecule has 7 heteroatoms. The van der Waals surface area contributed by atoms with Crippen molar-refractivity contribution in [3.63, 3.8) is 0 Å². The molecule has 0 amide bonds. The number of nitrogens with zero attached hydrogens (tertiary/aromatic N) is 5. The summed E-state index contributed by atoms with van der Waals surface area (Å²) in [6.45, 7) is 5.74. The standard InChI is InChI=1S/C9H18N6O/c10-2-1-3-15-9(11-12-13-15)8-14-4-6-16-7-5-14/h1-8,10H2. The molecule has 1 aliphatic heterocycles. The maximum absolute atomic E-state index is 5.47. The van der Waals surface area contributed by atoms with Crippen molar-refractivity contribution in [2.45, 2.75) is 19.5 Å². The van der Waals surface area contributed by atoms with Crippen LogP contribution in [0, 0.1) is 0 Å². The molecule has 2 N–H and O–H groups in total. The van der Waals surface area contributed by atoms with Crippen LogP contribution in [0.5, 0.6) is 0 Å². The van der Waals surface area contributed by atoms with E-state index in [1.54, 1.807) is 0 Å². The molecule has 0 aliphatic carbocycles. The van der Waals surface area contributed by atoms with Gasteiger partial charge in [0.2, 0.25) is 0 Å². The highest BCUT2D eigenvalue weighted by Gasteiger charge is 2.14. The molecule has 90 valence electrons. The van der Waals surface area contributed by atoms with Crippen molar-refractivity contribution in [1.82, 2.24) is 25.1 Å². The summed E-state index contributed by atoms with van der Waals surface area (Å²) in [7, 11) is 0. The van der Waals surface area contributed by atoms with Crippen molar-refractivity contribution in [2.24, 2.45) is 5.73 Å². The molecule has 0 saturated carbocycles. The second-order valence-corrected chi connectivity index (χ2v) is 3.85. The average molecular weight is 226 g/mol. The molecule has 1 aliphatic rings. The first kappa shape index (κ1) is 11.4. The Bertz CT molecular complexity index is 309. The van der Waals surface area contributed by atoms with Crippen LogP contribution < -0.4 is 5.73 Å². The van der Waals surface area contributed by atoms with Crippen LogP contribution in [-0.2, 0) is 17.8 Å². The van der Waals surface area contributed by atoms with Crippen LogP contribution in [0.1, 0.15) is 12.2 Å². The zero-order valence-electron chi connectivity index (χ0n) is 9.38. The Labute approximate surface area is 94.5 Å². The third-order valence-electron chi connectivity index (χ3n) is 2.65. The fourth-order valence-electron chi connectivity index (χ4n) is 1.71. The van der Waals surface area contributed by atoms with Gasteiger partial charge in [-0.25, -0.2) is 4.68 Å². The minimum Gasteiger partial charge on any atom is -0.379 e. The van der Waals surface area contributed by atoms with Gasteiger partial charge in [0.25, 0.3) is 0 Å². The Morgan fingerprint density at radius 2 is 2.12 bits per heavy atom. The summed E-state index contributed by atoms with van der Waals surface area (Å²) in [6, 6.07) is 0. The van der Waals surface area contributed by atoms with Gasteiger partial charge in [-0.3, -0.25) is 4.90 Å². The highest BCUT2D eigenvalue weighted by Crippen LogP contribution is 2.03. The van der Waals surface area contributed by atoms with Crippen molar-refractivity contribution < 1.29 is 4.74 Å². The molecule has 0 spiro atoms. The number of ether oxygens (including phenoxy) is 1. The molecule has 7 nitrogen and oxygen atoms in total. The molecule has 0 unspecified atom stereocenters. The smallest absolute Gasteiger partial charge is 0.165 e. The summed E-state index contributed by atoms with van der Waals surface area (Å²) in [4.78, 5) is 2.30. The van der Waals surface area contributed by atoms with Gasteiger partial charge < -0.3 is 10.5 Å². The number of aryl methyl sites for hydroxylation is 1. The predicted octanol–water partition coefficient (Wildman–Crippen LogP) is -1.15. The van der Waals surface area contributed by atoms with E-state index in [1.165, 1.54) is 0 Å². The molecular weight excluding hydrogens is 208 g/mol. The molecule has 0 radical (unpaired) electrons. The summed E-state index contributed by atoms with van der Waals surface area (Å²) >= 11 is 0.